The van der Waals surface area contributed by atoms with E-state index in [0.29, 0.717) is 12.1 Å². The van der Waals surface area contributed by atoms with Gasteiger partial charge in [-0.3, -0.25) is 4.79 Å². The van der Waals surface area contributed by atoms with Crippen LogP contribution in [0, 0.1) is 6.92 Å². The highest BCUT2D eigenvalue weighted by atomic mass is 79.9. The van der Waals surface area contributed by atoms with Crippen molar-refractivity contribution in [1.82, 2.24) is 4.90 Å². The molecule has 2 rings (SSSR count). The van der Waals surface area contributed by atoms with Crippen molar-refractivity contribution in [2.24, 2.45) is 0 Å². The van der Waals surface area contributed by atoms with Gasteiger partial charge in [-0.1, -0.05) is 33.6 Å². The molecule has 0 aliphatic rings. The predicted molar refractivity (Wildman–Crippen MR) is 87.7 cm³/mol. The number of nitrogens with zero attached hydrogens (tertiary/aromatic N) is 1. The van der Waals surface area contributed by atoms with Gasteiger partial charge >= 0.3 is 0 Å². The van der Waals surface area contributed by atoms with Crippen LogP contribution in [-0.4, -0.2) is 25.0 Å². The van der Waals surface area contributed by atoms with Crippen molar-refractivity contribution in [2.45, 2.75) is 13.5 Å². The van der Waals surface area contributed by atoms with Crippen molar-refractivity contribution in [3.8, 4) is 5.75 Å². The van der Waals surface area contributed by atoms with Crippen LogP contribution in [0.15, 0.2) is 46.9 Å². The van der Waals surface area contributed by atoms with E-state index in [0.717, 1.165) is 21.3 Å². The van der Waals surface area contributed by atoms with Crippen LogP contribution in [0.2, 0.25) is 0 Å². The van der Waals surface area contributed by atoms with Crippen LogP contribution in [-0.2, 0) is 6.54 Å². The molecule has 4 heteroatoms. The molecule has 0 radical (unpaired) electrons. The largest absolute Gasteiger partial charge is 0.496 e. The van der Waals surface area contributed by atoms with E-state index in [4.69, 9.17) is 4.74 Å². The molecule has 0 unspecified atom stereocenters. The van der Waals surface area contributed by atoms with Gasteiger partial charge < -0.3 is 9.64 Å². The molecule has 0 aliphatic carbocycles. The molecule has 0 heterocycles. The fraction of sp³-hybridized carbons (Fsp3) is 0.235. The lowest BCUT2D eigenvalue weighted by atomic mass is 10.1. The number of halogens is 1. The summed E-state index contributed by atoms with van der Waals surface area (Å²) in [5.74, 6) is 0.777. The first kappa shape index (κ1) is 15.6. The molecule has 0 bridgehead atoms. The Bertz CT molecular complexity index is 638. The highest BCUT2D eigenvalue weighted by molar-refractivity contribution is 9.10. The molecule has 0 spiro atoms. The van der Waals surface area contributed by atoms with Crippen molar-refractivity contribution in [3.05, 3.63) is 63.6 Å². The van der Waals surface area contributed by atoms with Gasteiger partial charge in [-0.05, 0) is 37.3 Å². The molecule has 110 valence electrons. The minimum atomic E-state index is -0.00275. The van der Waals surface area contributed by atoms with Crippen molar-refractivity contribution >= 4 is 21.8 Å². The van der Waals surface area contributed by atoms with Crippen LogP contribution in [0.25, 0.3) is 0 Å². The van der Waals surface area contributed by atoms with Crippen LogP contribution in [0.3, 0.4) is 0 Å². The number of amides is 1. The first-order valence-electron chi connectivity index (χ1n) is 6.66. The predicted octanol–water partition coefficient (Wildman–Crippen LogP) is 4.04. The molecule has 2 aromatic carbocycles. The van der Waals surface area contributed by atoms with Gasteiger partial charge in [0.2, 0.25) is 0 Å². The van der Waals surface area contributed by atoms with Crippen LogP contribution in [0.4, 0.5) is 0 Å². The van der Waals surface area contributed by atoms with Crippen molar-refractivity contribution in [2.75, 3.05) is 14.2 Å². The third-order valence-corrected chi connectivity index (χ3v) is 3.79. The standard InChI is InChI=1S/C17H18BrNO2/c1-12-4-6-13(7-5-12)17(20)19(2)11-14-10-15(18)8-9-16(14)21-3/h4-10H,11H2,1-3H3. The van der Waals surface area contributed by atoms with Gasteiger partial charge in [0, 0.05) is 29.2 Å². The summed E-state index contributed by atoms with van der Waals surface area (Å²) in [6, 6.07) is 13.4. The van der Waals surface area contributed by atoms with Gasteiger partial charge in [0.15, 0.2) is 0 Å². The van der Waals surface area contributed by atoms with E-state index in [1.165, 1.54) is 0 Å². The van der Waals surface area contributed by atoms with Crippen LogP contribution in [0.1, 0.15) is 21.5 Å². The monoisotopic (exact) mass is 347 g/mol. The zero-order chi connectivity index (χ0) is 15.4. The molecule has 0 fully saturated rings. The number of carbonyl (C=O) groups excluding carboxylic acids is 1. The lowest BCUT2D eigenvalue weighted by molar-refractivity contribution is 0.0784. The third kappa shape index (κ3) is 3.85. The first-order chi connectivity index (χ1) is 10.0. The summed E-state index contributed by atoms with van der Waals surface area (Å²) in [4.78, 5) is 14.1. The molecule has 3 nitrogen and oxygen atoms in total. The number of hydrogen-bond donors (Lipinski definition) is 0. The average Bonchev–Trinajstić information content (AvgIpc) is 2.47. The van der Waals surface area contributed by atoms with E-state index in [1.54, 1.807) is 19.1 Å². The lowest BCUT2D eigenvalue weighted by Gasteiger charge is -2.19. The van der Waals surface area contributed by atoms with E-state index in [1.807, 2.05) is 49.4 Å². The molecule has 1 amide bonds. The highest BCUT2D eigenvalue weighted by Gasteiger charge is 2.14. The minimum absolute atomic E-state index is 0.00275. The maximum atomic E-state index is 12.4. The van der Waals surface area contributed by atoms with Gasteiger partial charge in [-0.15, -0.1) is 0 Å². The molecule has 0 saturated heterocycles. The minimum Gasteiger partial charge on any atom is -0.496 e. The topological polar surface area (TPSA) is 29.5 Å². The molecule has 0 saturated carbocycles. The smallest absolute Gasteiger partial charge is 0.253 e. The van der Waals surface area contributed by atoms with Gasteiger partial charge in [-0.2, -0.15) is 0 Å². The molecule has 2 aromatic rings. The van der Waals surface area contributed by atoms with Crippen molar-refractivity contribution in [3.63, 3.8) is 0 Å². The fourth-order valence-corrected chi connectivity index (χ4v) is 2.52. The zero-order valence-corrected chi connectivity index (χ0v) is 14.0. The number of hydrogen-bond acceptors (Lipinski definition) is 2. The van der Waals surface area contributed by atoms with Crippen LogP contribution in [0.5, 0.6) is 5.75 Å². The number of benzene rings is 2. The number of aryl methyl sites for hydroxylation is 1. The summed E-state index contributed by atoms with van der Waals surface area (Å²) in [7, 11) is 3.43. The third-order valence-electron chi connectivity index (χ3n) is 3.30. The number of methoxy groups -OCH3 is 1. The Kier molecular flexibility index (Phi) is 5.02. The SMILES string of the molecule is COc1ccc(Br)cc1CN(C)C(=O)c1ccc(C)cc1. The summed E-state index contributed by atoms with van der Waals surface area (Å²) in [6.45, 7) is 2.50. The Balaban J connectivity index is 2.17. The summed E-state index contributed by atoms with van der Waals surface area (Å²) in [5, 5.41) is 0. The van der Waals surface area contributed by atoms with Gasteiger partial charge in [-0.25, -0.2) is 0 Å². The van der Waals surface area contributed by atoms with Gasteiger partial charge in [0.1, 0.15) is 5.75 Å². The van der Waals surface area contributed by atoms with E-state index in [9.17, 15) is 4.79 Å². The lowest BCUT2D eigenvalue weighted by Crippen LogP contribution is -2.26. The Hall–Kier alpha value is -1.81. The summed E-state index contributed by atoms with van der Waals surface area (Å²) < 4.78 is 6.31. The van der Waals surface area contributed by atoms with E-state index in [-0.39, 0.29) is 5.91 Å². The molecule has 0 N–H and O–H groups in total. The van der Waals surface area contributed by atoms with Gasteiger partial charge in [0.05, 0.1) is 7.11 Å². The molecule has 0 aliphatic heterocycles. The zero-order valence-electron chi connectivity index (χ0n) is 12.4. The summed E-state index contributed by atoms with van der Waals surface area (Å²) in [5.41, 5.74) is 2.80. The first-order valence-corrected chi connectivity index (χ1v) is 7.45. The van der Waals surface area contributed by atoms with Gasteiger partial charge in [0.25, 0.3) is 5.91 Å². The Morgan fingerprint density at radius 2 is 1.86 bits per heavy atom. The second kappa shape index (κ2) is 6.76. The quantitative estimate of drug-likeness (QED) is 0.835. The maximum Gasteiger partial charge on any atom is 0.253 e. The average molecular weight is 348 g/mol. The summed E-state index contributed by atoms with van der Waals surface area (Å²) >= 11 is 3.45. The fourth-order valence-electron chi connectivity index (χ4n) is 2.11. The van der Waals surface area contributed by atoms with Crippen molar-refractivity contribution < 1.29 is 9.53 Å². The number of ether oxygens (including phenoxy) is 1. The van der Waals surface area contributed by atoms with Crippen molar-refractivity contribution in [1.29, 1.82) is 0 Å². The van der Waals surface area contributed by atoms with Crippen LogP contribution >= 0.6 is 15.9 Å². The molecule has 21 heavy (non-hydrogen) atoms. The number of rotatable bonds is 4. The molecular formula is C17H18BrNO2. The molecular weight excluding hydrogens is 330 g/mol. The van der Waals surface area contributed by atoms with E-state index < -0.39 is 0 Å². The Morgan fingerprint density at radius 3 is 2.48 bits per heavy atom. The second-order valence-corrected chi connectivity index (χ2v) is 5.90. The normalized spacial score (nSPS) is 10.3. The molecule has 0 aromatic heterocycles. The van der Waals surface area contributed by atoms with Crippen LogP contribution < -0.4 is 4.74 Å². The van der Waals surface area contributed by atoms with E-state index in [2.05, 4.69) is 15.9 Å². The highest BCUT2D eigenvalue weighted by Crippen LogP contribution is 2.24. The number of carbonyl (C=O) groups is 1. The second-order valence-electron chi connectivity index (χ2n) is 4.98. The Morgan fingerprint density at radius 1 is 1.19 bits per heavy atom. The Labute approximate surface area is 133 Å². The maximum absolute atomic E-state index is 12.4. The summed E-state index contributed by atoms with van der Waals surface area (Å²) in [6.07, 6.45) is 0. The molecule has 0 atom stereocenters. The van der Waals surface area contributed by atoms with E-state index >= 15 is 0 Å².